The zero-order valence-electron chi connectivity index (χ0n) is 15.9. The molecule has 8 heteroatoms. The Labute approximate surface area is 167 Å². The Hall–Kier alpha value is -3.00. The summed E-state index contributed by atoms with van der Waals surface area (Å²) in [4.78, 5) is 13.7. The van der Waals surface area contributed by atoms with E-state index in [0.29, 0.717) is 36.2 Å². The topological polar surface area (TPSA) is 86.5 Å². The van der Waals surface area contributed by atoms with E-state index in [1.165, 1.54) is 0 Å². The number of amides is 1. The van der Waals surface area contributed by atoms with Crippen molar-refractivity contribution >= 4 is 23.7 Å². The van der Waals surface area contributed by atoms with Gasteiger partial charge in [-0.3, -0.25) is 10.1 Å². The molecule has 1 aromatic heterocycles. The van der Waals surface area contributed by atoms with Crippen molar-refractivity contribution in [1.82, 2.24) is 10.2 Å². The van der Waals surface area contributed by atoms with Gasteiger partial charge in [0.1, 0.15) is 0 Å². The van der Waals surface area contributed by atoms with Gasteiger partial charge in [-0.15, -0.1) is 16.9 Å². The third-order valence-electron chi connectivity index (χ3n) is 3.79. The largest absolute Gasteiger partial charge is 0.490 e. The molecule has 0 saturated heterocycles. The SMILES string of the molecule is CCOc1ccc(C(=O)Nc2nnc(-c3ccc(SC)cc3)o2)cc1OCC. The summed E-state index contributed by atoms with van der Waals surface area (Å²) in [5.74, 6) is 1.06. The van der Waals surface area contributed by atoms with Crippen LogP contribution in [0.3, 0.4) is 0 Å². The van der Waals surface area contributed by atoms with Gasteiger partial charge in [0.05, 0.1) is 13.2 Å². The summed E-state index contributed by atoms with van der Waals surface area (Å²) in [5, 5.41) is 10.5. The molecule has 3 rings (SSSR count). The molecule has 0 saturated carbocycles. The van der Waals surface area contributed by atoms with Crippen LogP contribution in [-0.4, -0.2) is 35.6 Å². The van der Waals surface area contributed by atoms with Gasteiger partial charge < -0.3 is 13.9 Å². The lowest BCUT2D eigenvalue weighted by Gasteiger charge is -2.11. The molecule has 28 heavy (non-hydrogen) atoms. The fraction of sp³-hybridized carbons (Fsp3) is 0.250. The molecule has 3 aromatic rings. The Kier molecular flexibility index (Phi) is 6.54. The second kappa shape index (κ2) is 9.27. The van der Waals surface area contributed by atoms with Crippen LogP contribution in [0.4, 0.5) is 6.01 Å². The molecule has 1 N–H and O–H groups in total. The Morgan fingerprint density at radius 3 is 2.43 bits per heavy atom. The van der Waals surface area contributed by atoms with Crippen molar-refractivity contribution in [2.75, 3.05) is 24.8 Å². The summed E-state index contributed by atoms with van der Waals surface area (Å²) >= 11 is 1.65. The highest BCUT2D eigenvalue weighted by Gasteiger charge is 2.15. The highest BCUT2D eigenvalue weighted by atomic mass is 32.2. The van der Waals surface area contributed by atoms with Crippen LogP contribution in [0, 0.1) is 0 Å². The maximum absolute atomic E-state index is 12.5. The lowest BCUT2D eigenvalue weighted by Crippen LogP contribution is -2.12. The second-order valence-corrected chi connectivity index (χ2v) is 6.50. The van der Waals surface area contributed by atoms with Crippen LogP contribution in [0.15, 0.2) is 51.8 Å². The van der Waals surface area contributed by atoms with E-state index < -0.39 is 0 Å². The van der Waals surface area contributed by atoms with Gasteiger partial charge in [0.25, 0.3) is 5.91 Å². The highest BCUT2D eigenvalue weighted by molar-refractivity contribution is 7.98. The van der Waals surface area contributed by atoms with Crippen molar-refractivity contribution in [3.8, 4) is 23.0 Å². The van der Waals surface area contributed by atoms with E-state index in [4.69, 9.17) is 13.9 Å². The molecule has 0 radical (unpaired) electrons. The number of carbonyl (C=O) groups excluding carboxylic acids is 1. The molecule has 0 unspecified atom stereocenters. The smallest absolute Gasteiger partial charge is 0.322 e. The maximum atomic E-state index is 12.5. The maximum Gasteiger partial charge on any atom is 0.322 e. The van der Waals surface area contributed by atoms with Gasteiger partial charge in [0, 0.05) is 16.0 Å². The number of thioether (sulfide) groups is 1. The van der Waals surface area contributed by atoms with E-state index in [2.05, 4.69) is 15.5 Å². The second-order valence-electron chi connectivity index (χ2n) is 5.62. The number of anilines is 1. The minimum atomic E-state index is -0.378. The van der Waals surface area contributed by atoms with Crippen molar-refractivity contribution in [3.63, 3.8) is 0 Å². The van der Waals surface area contributed by atoms with Gasteiger partial charge in [-0.1, -0.05) is 5.10 Å². The first kappa shape index (κ1) is 19.8. The van der Waals surface area contributed by atoms with Crippen LogP contribution < -0.4 is 14.8 Å². The quantitative estimate of drug-likeness (QED) is 0.558. The molecule has 146 valence electrons. The van der Waals surface area contributed by atoms with Crippen LogP contribution >= 0.6 is 11.8 Å². The van der Waals surface area contributed by atoms with E-state index in [1.54, 1.807) is 30.0 Å². The predicted octanol–water partition coefficient (Wildman–Crippen LogP) is 4.51. The third-order valence-corrected chi connectivity index (χ3v) is 4.53. The zero-order valence-corrected chi connectivity index (χ0v) is 16.7. The number of hydrogen-bond acceptors (Lipinski definition) is 7. The van der Waals surface area contributed by atoms with E-state index >= 15 is 0 Å². The van der Waals surface area contributed by atoms with Crippen LogP contribution in [0.2, 0.25) is 0 Å². The molecule has 0 aliphatic heterocycles. The van der Waals surface area contributed by atoms with Gasteiger partial charge in [-0.2, -0.15) is 0 Å². The normalized spacial score (nSPS) is 10.5. The number of benzene rings is 2. The molecule has 0 atom stereocenters. The molecular weight excluding hydrogens is 378 g/mol. The predicted molar refractivity (Wildman–Crippen MR) is 108 cm³/mol. The fourth-order valence-corrected chi connectivity index (χ4v) is 2.89. The Morgan fingerprint density at radius 1 is 1.04 bits per heavy atom. The lowest BCUT2D eigenvalue weighted by molar-refractivity contribution is 0.102. The first-order valence-corrected chi connectivity index (χ1v) is 10.1. The molecule has 0 aliphatic carbocycles. The van der Waals surface area contributed by atoms with Crippen molar-refractivity contribution in [2.24, 2.45) is 0 Å². The number of hydrogen-bond donors (Lipinski definition) is 1. The standard InChI is InChI=1S/C20H21N3O4S/c1-4-25-16-11-8-14(12-17(16)26-5-2)18(24)21-20-23-22-19(27-20)13-6-9-15(28-3)10-7-13/h6-12H,4-5H2,1-3H3,(H,21,23,24). The number of aromatic nitrogens is 2. The minimum absolute atomic E-state index is 0.0285. The summed E-state index contributed by atoms with van der Waals surface area (Å²) in [7, 11) is 0. The molecule has 0 spiro atoms. The molecule has 1 heterocycles. The first-order valence-electron chi connectivity index (χ1n) is 8.83. The summed E-state index contributed by atoms with van der Waals surface area (Å²) < 4.78 is 16.6. The molecule has 0 bridgehead atoms. The summed E-state index contributed by atoms with van der Waals surface area (Å²) in [6.45, 7) is 4.73. The Bertz CT molecular complexity index is 941. The third kappa shape index (κ3) is 4.64. The number of ether oxygens (including phenoxy) is 2. The van der Waals surface area contributed by atoms with Gasteiger partial charge >= 0.3 is 6.01 Å². The van der Waals surface area contributed by atoms with E-state index in [1.807, 2.05) is 44.4 Å². The number of carbonyl (C=O) groups is 1. The van der Waals surface area contributed by atoms with Gasteiger partial charge in [0.15, 0.2) is 11.5 Å². The monoisotopic (exact) mass is 399 g/mol. The number of nitrogens with one attached hydrogen (secondary N) is 1. The lowest BCUT2D eigenvalue weighted by atomic mass is 10.2. The molecule has 0 fully saturated rings. The van der Waals surface area contributed by atoms with Crippen molar-refractivity contribution in [3.05, 3.63) is 48.0 Å². The van der Waals surface area contributed by atoms with Crippen LogP contribution in [0.25, 0.3) is 11.5 Å². The molecule has 0 aliphatic rings. The van der Waals surface area contributed by atoms with Crippen molar-refractivity contribution in [1.29, 1.82) is 0 Å². The van der Waals surface area contributed by atoms with Crippen molar-refractivity contribution in [2.45, 2.75) is 18.7 Å². The molecule has 1 amide bonds. The van der Waals surface area contributed by atoms with Crippen LogP contribution in [0.5, 0.6) is 11.5 Å². The van der Waals surface area contributed by atoms with E-state index in [0.717, 1.165) is 10.5 Å². The fourth-order valence-electron chi connectivity index (χ4n) is 2.49. The minimum Gasteiger partial charge on any atom is -0.490 e. The van der Waals surface area contributed by atoms with Crippen molar-refractivity contribution < 1.29 is 18.7 Å². The average Bonchev–Trinajstić information content (AvgIpc) is 3.18. The molecule has 2 aromatic carbocycles. The summed E-state index contributed by atoms with van der Waals surface area (Å²) in [6, 6.07) is 12.7. The average molecular weight is 399 g/mol. The number of rotatable bonds is 8. The van der Waals surface area contributed by atoms with Gasteiger partial charge in [0.2, 0.25) is 5.89 Å². The van der Waals surface area contributed by atoms with Gasteiger partial charge in [-0.05, 0) is 62.6 Å². The number of nitrogens with zero attached hydrogens (tertiary/aromatic N) is 2. The van der Waals surface area contributed by atoms with Crippen LogP contribution in [0.1, 0.15) is 24.2 Å². The zero-order chi connectivity index (χ0) is 19.9. The van der Waals surface area contributed by atoms with E-state index in [-0.39, 0.29) is 11.9 Å². The van der Waals surface area contributed by atoms with Crippen LogP contribution in [-0.2, 0) is 0 Å². The van der Waals surface area contributed by atoms with Gasteiger partial charge in [-0.25, -0.2) is 0 Å². The Balaban J connectivity index is 1.74. The highest BCUT2D eigenvalue weighted by Crippen LogP contribution is 2.29. The summed E-state index contributed by atoms with van der Waals surface area (Å²) in [5.41, 5.74) is 1.18. The first-order chi connectivity index (χ1) is 13.6. The van der Waals surface area contributed by atoms with E-state index in [9.17, 15) is 4.79 Å². The molecule has 7 nitrogen and oxygen atoms in total. The molecular formula is C20H21N3O4S. The Morgan fingerprint density at radius 2 is 1.75 bits per heavy atom. The summed E-state index contributed by atoms with van der Waals surface area (Å²) in [6.07, 6.45) is 2.01.